The average molecular weight is 263 g/mol. The molecule has 0 amide bonds. The van der Waals surface area contributed by atoms with Gasteiger partial charge in [-0.05, 0) is 12.1 Å². The largest absolute Gasteiger partial charge is 0.466 e. The van der Waals surface area contributed by atoms with Crippen LogP contribution in [-0.2, 0) is 15.1 Å². The van der Waals surface area contributed by atoms with E-state index in [1.54, 1.807) is 7.05 Å². The summed E-state index contributed by atoms with van der Waals surface area (Å²) >= 11 is 0. The molecule has 18 heavy (non-hydrogen) atoms. The Kier molecular flexibility index (Phi) is 3.85. The molecule has 2 N–H and O–H groups in total. The van der Waals surface area contributed by atoms with E-state index in [2.05, 4.69) is 10.1 Å². The number of halogens is 3. The number of aliphatic hydroxyl groups is 1. The normalized spacial score (nSPS) is 14.8. The first-order valence-corrected chi connectivity index (χ1v) is 4.93. The molecule has 1 aromatic carbocycles. The molecule has 0 aromatic heterocycles. The van der Waals surface area contributed by atoms with Crippen molar-refractivity contribution in [1.82, 2.24) is 0 Å². The maximum Gasteiger partial charge on any atom is 0.432 e. The number of methoxy groups -OCH3 is 1. The minimum Gasteiger partial charge on any atom is -0.466 e. The number of esters is 1. The van der Waals surface area contributed by atoms with Crippen LogP contribution in [0, 0.1) is 0 Å². The third-order valence-electron chi connectivity index (χ3n) is 2.48. The Morgan fingerprint density at radius 2 is 1.78 bits per heavy atom. The van der Waals surface area contributed by atoms with Crippen molar-refractivity contribution < 1.29 is 27.8 Å². The number of carbonyl (C=O) groups excluding carboxylic acids is 1. The number of ether oxygens (including phenoxy) is 1. The fourth-order valence-corrected chi connectivity index (χ4v) is 1.42. The quantitative estimate of drug-likeness (QED) is 0.814. The van der Waals surface area contributed by atoms with Crippen molar-refractivity contribution in [3.63, 3.8) is 0 Å². The number of alkyl halides is 3. The van der Waals surface area contributed by atoms with Gasteiger partial charge < -0.3 is 15.2 Å². The second-order valence-corrected chi connectivity index (χ2v) is 3.53. The first kappa shape index (κ1) is 14.3. The van der Waals surface area contributed by atoms with Crippen LogP contribution < -0.4 is 5.32 Å². The number of anilines is 1. The zero-order chi connectivity index (χ0) is 14.0. The van der Waals surface area contributed by atoms with Crippen LogP contribution in [0.5, 0.6) is 0 Å². The van der Waals surface area contributed by atoms with Gasteiger partial charge in [-0.1, -0.05) is 12.1 Å². The predicted octanol–water partition coefficient (Wildman–Crippen LogP) is 1.65. The molecular formula is C11H12F3NO3. The molecule has 1 atom stereocenters. The van der Waals surface area contributed by atoms with Crippen molar-refractivity contribution in [2.75, 3.05) is 19.5 Å². The molecule has 1 rings (SSSR count). The Bertz CT molecular complexity index is 430. The zero-order valence-corrected chi connectivity index (χ0v) is 9.71. The highest BCUT2D eigenvalue weighted by Crippen LogP contribution is 2.40. The summed E-state index contributed by atoms with van der Waals surface area (Å²) in [5.41, 5.74) is -3.71. The van der Waals surface area contributed by atoms with Crippen molar-refractivity contribution in [2.45, 2.75) is 11.8 Å². The molecule has 100 valence electrons. The van der Waals surface area contributed by atoms with Gasteiger partial charge in [0.05, 0.1) is 7.11 Å². The summed E-state index contributed by atoms with van der Waals surface area (Å²) in [6.07, 6.45) is -5.17. The van der Waals surface area contributed by atoms with E-state index in [4.69, 9.17) is 0 Å². The molecule has 0 unspecified atom stereocenters. The van der Waals surface area contributed by atoms with Gasteiger partial charge in [0.1, 0.15) is 0 Å². The summed E-state index contributed by atoms with van der Waals surface area (Å²) in [7, 11) is 2.37. The van der Waals surface area contributed by atoms with Gasteiger partial charge in [0, 0.05) is 18.3 Å². The molecule has 0 saturated carbocycles. The van der Waals surface area contributed by atoms with Crippen LogP contribution in [0.1, 0.15) is 5.56 Å². The zero-order valence-electron chi connectivity index (χ0n) is 9.71. The topological polar surface area (TPSA) is 58.6 Å². The summed E-state index contributed by atoms with van der Waals surface area (Å²) in [6, 6.07) is 4.65. The minimum absolute atomic E-state index is 0.549. The second-order valence-electron chi connectivity index (χ2n) is 3.53. The first-order chi connectivity index (χ1) is 8.27. The Morgan fingerprint density at radius 3 is 2.11 bits per heavy atom. The molecule has 4 nitrogen and oxygen atoms in total. The van der Waals surface area contributed by atoms with Gasteiger partial charge in [-0.15, -0.1) is 0 Å². The van der Waals surface area contributed by atoms with Crippen molar-refractivity contribution in [3.05, 3.63) is 29.8 Å². The van der Waals surface area contributed by atoms with Crippen molar-refractivity contribution in [3.8, 4) is 0 Å². The van der Waals surface area contributed by atoms with E-state index in [9.17, 15) is 23.1 Å². The molecule has 0 aliphatic heterocycles. The average Bonchev–Trinajstić information content (AvgIpc) is 2.35. The summed E-state index contributed by atoms with van der Waals surface area (Å²) in [6.45, 7) is 0. The van der Waals surface area contributed by atoms with Gasteiger partial charge in [-0.3, -0.25) is 0 Å². The fraction of sp³-hybridized carbons (Fsp3) is 0.364. The van der Waals surface area contributed by atoms with Crippen LogP contribution in [0.4, 0.5) is 18.9 Å². The van der Waals surface area contributed by atoms with Crippen molar-refractivity contribution in [2.24, 2.45) is 0 Å². The van der Waals surface area contributed by atoms with Gasteiger partial charge in [0.25, 0.3) is 5.60 Å². The minimum atomic E-state index is -5.17. The van der Waals surface area contributed by atoms with Gasteiger partial charge in [-0.2, -0.15) is 13.2 Å². The van der Waals surface area contributed by atoms with Crippen LogP contribution in [0.2, 0.25) is 0 Å². The summed E-state index contributed by atoms with van der Waals surface area (Å²) in [5, 5.41) is 12.3. The lowest BCUT2D eigenvalue weighted by molar-refractivity contribution is -0.266. The van der Waals surface area contributed by atoms with Crippen molar-refractivity contribution in [1.29, 1.82) is 0 Å². The van der Waals surface area contributed by atoms with E-state index >= 15 is 0 Å². The molecule has 7 heteroatoms. The van der Waals surface area contributed by atoms with Crippen LogP contribution in [0.3, 0.4) is 0 Å². The van der Waals surface area contributed by atoms with Gasteiger partial charge in [0.2, 0.25) is 0 Å². The van der Waals surface area contributed by atoms with Gasteiger partial charge in [0.15, 0.2) is 0 Å². The summed E-state index contributed by atoms with van der Waals surface area (Å²) in [4.78, 5) is 11.2. The number of hydrogen-bond acceptors (Lipinski definition) is 4. The highest BCUT2D eigenvalue weighted by atomic mass is 19.4. The third kappa shape index (κ3) is 2.26. The highest BCUT2D eigenvalue weighted by Gasteiger charge is 2.61. The standard InChI is InChI=1S/C11H12F3NO3/c1-15-8-5-3-7(4-6-8)10(17,9(16)18-2)11(12,13)14/h3-6,15,17H,1-2H3/t10-/m1/s1. The molecule has 0 radical (unpaired) electrons. The Morgan fingerprint density at radius 1 is 1.28 bits per heavy atom. The number of hydrogen-bond donors (Lipinski definition) is 2. The SMILES string of the molecule is CNc1ccc([C@@](O)(C(=O)OC)C(F)(F)F)cc1. The van der Waals surface area contributed by atoms with Gasteiger partial charge in [-0.25, -0.2) is 4.79 Å². The summed E-state index contributed by atoms with van der Waals surface area (Å²) < 4.78 is 42.6. The lowest BCUT2D eigenvalue weighted by Crippen LogP contribution is -2.49. The smallest absolute Gasteiger partial charge is 0.432 e. The Labute approximate surface area is 101 Å². The fourth-order valence-electron chi connectivity index (χ4n) is 1.42. The molecule has 0 saturated heterocycles. The molecule has 0 fully saturated rings. The molecule has 0 heterocycles. The van der Waals surface area contributed by atoms with Crippen LogP contribution in [0.25, 0.3) is 0 Å². The van der Waals surface area contributed by atoms with E-state index in [-0.39, 0.29) is 0 Å². The number of benzene rings is 1. The first-order valence-electron chi connectivity index (χ1n) is 4.93. The Balaban J connectivity index is 3.30. The van der Waals surface area contributed by atoms with Crippen LogP contribution in [0.15, 0.2) is 24.3 Å². The predicted molar refractivity (Wildman–Crippen MR) is 58.0 cm³/mol. The van der Waals surface area contributed by atoms with E-state index in [1.807, 2.05) is 0 Å². The molecular weight excluding hydrogens is 251 g/mol. The number of rotatable bonds is 3. The molecule has 0 spiro atoms. The molecule has 0 bridgehead atoms. The van der Waals surface area contributed by atoms with Gasteiger partial charge >= 0.3 is 12.1 Å². The lowest BCUT2D eigenvalue weighted by atomic mass is 9.93. The molecule has 0 aliphatic rings. The Hall–Kier alpha value is -1.76. The van der Waals surface area contributed by atoms with Crippen molar-refractivity contribution >= 4 is 11.7 Å². The molecule has 0 aliphatic carbocycles. The lowest BCUT2D eigenvalue weighted by Gasteiger charge is -2.28. The third-order valence-corrected chi connectivity index (χ3v) is 2.48. The summed E-state index contributed by atoms with van der Waals surface area (Å²) in [5.74, 6) is -1.77. The van der Waals surface area contributed by atoms with Crippen LogP contribution >= 0.6 is 0 Å². The van der Waals surface area contributed by atoms with E-state index < -0.39 is 23.3 Å². The second kappa shape index (κ2) is 4.85. The van der Waals surface area contributed by atoms with E-state index in [1.165, 1.54) is 12.1 Å². The molecule has 1 aromatic rings. The van der Waals surface area contributed by atoms with E-state index in [0.717, 1.165) is 19.2 Å². The van der Waals surface area contributed by atoms with Crippen LogP contribution in [-0.4, -0.2) is 31.4 Å². The number of carbonyl (C=O) groups is 1. The monoisotopic (exact) mass is 263 g/mol. The maximum atomic E-state index is 12.8. The highest BCUT2D eigenvalue weighted by molar-refractivity contribution is 5.82. The number of nitrogens with one attached hydrogen (secondary N) is 1. The van der Waals surface area contributed by atoms with E-state index in [0.29, 0.717) is 5.69 Å². The maximum absolute atomic E-state index is 12.8.